The summed E-state index contributed by atoms with van der Waals surface area (Å²) in [6.45, 7) is 6.55. The van der Waals surface area contributed by atoms with E-state index in [1.165, 1.54) is 54.5 Å². The van der Waals surface area contributed by atoms with Gasteiger partial charge in [0.1, 0.15) is 0 Å². The first-order valence-electron chi connectivity index (χ1n) is 12.7. The lowest BCUT2D eigenvalue weighted by Crippen LogP contribution is -2.55. The first-order valence-corrected chi connectivity index (χ1v) is 13.6. The number of fused-ring (bicyclic) bond motifs is 2. The van der Waals surface area contributed by atoms with E-state index in [9.17, 15) is 4.79 Å². The number of benzene rings is 2. The minimum absolute atomic E-state index is 0.0527. The van der Waals surface area contributed by atoms with Crippen LogP contribution in [0.3, 0.4) is 0 Å². The number of amides is 1. The molecule has 3 nitrogen and oxygen atoms in total. The summed E-state index contributed by atoms with van der Waals surface area (Å²) in [6.07, 6.45) is 9.09. The van der Waals surface area contributed by atoms with Gasteiger partial charge in [-0.1, -0.05) is 30.3 Å². The molecule has 2 aromatic rings. The van der Waals surface area contributed by atoms with Crippen LogP contribution in [0.1, 0.15) is 80.3 Å². The van der Waals surface area contributed by atoms with Gasteiger partial charge in [0.15, 0.2) is 0 Å². The van der Waals surface area contributed by atoms with Gasteiger partial charge in [-0.25, -0.2) is 0 Å². The maximum atomic E-state index is 13.4. The summed E-state index contributed by atoms with van der Waals surface area (Å²) in [5, 5.41) is 3.43. The first-order chi connectivity index (χ1) is 15.9. The summed E-state index contributed by atoms with van der Waals surface area (Å²) >= 11 is 1.76. The van der Waals surface area contributed by atoms with Gasteiger partial charge >= 0.3 is 0 Å². The number of nitrogens with one attached hydrogen (secondary N) is 1. The summed E-state index contributed by atoms with van der Waals surface area (Å²) in [7, 11) is 0. The van der Waals surface area contributed by atoms with Crippen LogP contribution in [0.2, 0.25) is 0 Å². The standard InChI is InChI=1S/C29H34N2OS/c1-4-24-23-9-17(2)5-7-26(23)33-27-8-6-22(13-25(27)31-24)28(32)30-18(3)29-14-19-10-20(15-29)12-21(11-19)16-29/h5-9,13,18-21H,4,10-12,14-16H2,1-3H3,(H,30,32)/t18-,19?,20?,21?,29?/m1/s1. The smallest absolute Gasteiger partial charge is 0.251 e. The monoisotopic (exact) mass is 458 g/mol. The maximum absolute atomic E-state index is 13.4. The van der Waals surface area contributed by atoms with Crippen LogP contribution < -0.4 is 5.32 Å². The van der Waals surface area contributed by atoms with Gasteiger partial charge in [0.2, 0.25) is 0 Å². The largest absolute Gasteiger partial charge is 0.349 e. The minimum Gasteiger partial charge on any atom is -0.349 e. The maximum Gasteiger partial charge on any atom is 0.251 e. The quantitative estimate of drug-likeness (QED) is 0.521. The van der Waals surface area contributed by atoms with Crippen molar-refractivity contribution in [2.24, 2.45) is 28.2 Å². The van der Waals surface area contributed by atoms with Crippen molar-refractivity contribution in [3.8, 4) is 0 Å². The molecule has 172 valence electrons. The van der Waals surface area contributed by atoms with Gasteiger partial charge in [-0.05, 0) is 112 Å². The first kappa shape index (κ1) is 21.5. The van der Waals surface area contributed by atoms with E-state index in [-0.39, 0.29) is 11.9 Å². The van der Waals surface area contributed by atoms with Crippen LogP contribution in [-0.2, 0) is 0 Å². The van der Waals surface area contributed by atoms with E-state index in [4.69, 9.17) is 4.99 Å². The summed E-state index contributed by atoms with van der Waals surface area (Å²) in [6, 6.07) is 12.9. The number of carbonyl (C=O) groups is 1. The number of hydrogen-bond acceptors (Lipinski definition) is 3. The molecular formula is C29H34N2OS. The van der Waals surface area contributed by atoms with E-state index < -0.39 is 0 Å². The van der Waals surface area contributed by atoms with Gasteiger partial charge in [-0.2, -0.15) is 0 Å². The number of aliphatic imine (C=N–C) groups is 1. The fourth-order valence-electron chi connectivity index (χ4n) is 7.53. The lowest BCUT2D eigenvalue weighted by atomic mass is 9.48. The normalized spacial score (nSPS) is 30.2. The molecule has 2 aromatic carbocycles. The second-order valence-corrected chi connectivity index (χ2v) is 12.3. The molecule has 5 aliphatic rings. The SMILES string of the molecule is CCC1=Nc2cc(C(=O)N[C@H](C)C34CC5CC(CC(C5)C3)C4)ccc2Sc2ccc(C)cc21. The Morgan fingerprint density at radius 1 is 1.06 bits per heavy atom. The number of aryl methyl sites for hydroxylation is 1. The second kappa shape index (κ2) is 8.01. The number of rotatable bonds is 4. The molecule has 7 rings (SSSR count). The van der Waals surface area contributed by atoms with Crippen molar-refractivity contribution in [2.45, 2.75) is 81.5 Å². The number of hydrogen-bond donors (Lipinski definition) is 1. The molecule has 0 aromatic heterocycles. The third kappa shape index (κ3) is 3.75. The number of nitrogens with zero attached hydrogens (tertiary/aromatic N) is 1. The predicted molar refractivity (Wildman–Crippen MR) is 136 cm³/mol. The van der Waals surface area contributed by atoms with Crippen molar-refractivity contribution < 1.29 is 4.79 Å². The van der Waals surface area contributed by atoms with Crippen molar-refractivity contribution in [2.75, 3.05) is 0 Å². The molecule has 33 heavy (non-hydrogen) atoms. The Labute approximate surface area is 201 Å². The van der Waals surface area contributed by atoms with Crippen LogP contribution >= 0.6 is 11.8 Å². The summed E-state index contributed by atoms with van der Waals surface area (Å²) < 4.78 is 0. The summed E-state index contributed by atoms with van der Waals surface area (Å²) in [5.74, 6) is 2.74. The number of carbonyl (C=O) groups excluding carboxylic acids is 1. The average molecular weight is 459 g/mol. The molecule has 0 unspecified atom stereocenters. The van der Waals surface area contributed by atoms with E-state index in [0.29, 0.717) is 5.41 Å². The van der Waals surface area contributed by atoms with Crippen molar-refractivity contribution in [3.63, 3.8) is 0 Å². The van der Waals surface area contributed by atoms with Crippen LogP contribution in [0.5, 0.6) is 0 Å². The van der Waals surface area contributed by atoms with Crippen LogP contribution in [0.15, 0.2) is 51.2 Å². The molecule has 4 heteroatoms. The molecule has 0 radical (unpaired) electrons. The summed E-state index contributed by atoms with van der Waals surface area (Å²) in [4.78, 5) is 20.8. The van der Waals surface area contributed by atoms with Gasteiger partial charge < -0.3 is 5.32 Å². The van der Waals surface area contributed by atoms with Gasteiger partial charge in [0, 0.05) is 32.7 Å². The Hall–Kier alpha value is -2.07. The van der Waals surface area contributed by atoms with Crippen LogP contribution in [0.25, 0.3) is 0 Å². The van der Waals surface area contributed by atoms with Gasteiger partial charge in [-0.3, -0.25) is 9.79 Å². The molecule has 1 heterocycles. The van der Waals surface area contributed by atoms with Crippen molar-refractivity contribution in [3.05, 3.63) is 53.1 Å². The molecule has 1 amide bonds. The summed E-state index contributed by atoms with van der Waals surface area (Å²) in [5.41, 5.74) is 5.53. The molecule has 1 aliphatic heterocycles. The van der Waals surface area contributed by atoms with Gasteiger partial charge in [0.25, 0.3) is 5.91 Å². The fraction of sp³-hybridized carbons (Fsp3) is 0.517. The van der Waals surface area contributed by atoms with Crippen molar-refractivity contribution in [1.29, 1.82) is 0 Å². The Morgan fingerprint density at radius 2 is 1.73 bits per heavy atom. The molecule has 0 saturated heterocycles. The van der Waals surface area contributed by atoms with Crippen LogP contribution in [0, 0.1) is 30.1 Å². The lowest BCUT2D eigenvalue weighted by molar-refractivity contribution is -0.0688. The third-order valence-electron chi connectivity index (χ3n) is 8.83. The lowest BCUT2D eigenvalue weighted by Gasteiger charge is -2.59. The van der Waals surface area contributed by atoms with Crippen molar-refractivity contribution >= 4 is 29.1 Å². The Morgan fingerprint density at radius 3 is 2.39 bits per heavy atom. The van der Waals surface area contributed by atoms with E-state index in [1.807, 2.05) is 12.1 Å². The van der Waals surface area contributed by atoms with Crippen LogP contribution in [-0.4, -0.2) is 17.7 Å². The third-order valence-corrected chi connectivity index (χ3v) is 9.97. The molecule has 4 aliphatic carbocycles. The highest BCUT2D eigenvalue weighted by atomic mass is 32.2. The molecule has 1 atom stereocenters. The van der Waals surface area contributed by atoms with Crippen molar-refractivity contribution in [1.82, 2.24) is 5.32 Å². The molecule has 4 fully saturated rings. The average Bonchev–Trinajstić information content (AvgIpc) is 2.93. The highest BCUT2D eigenvalue weighted by Gasteiger charge is 2.53. The molecule has 4 bridgehead atoms. The van der Waals surface area contributed by atoms with Crippen LogP contribution in [0.4, 0.5) is 5.69 Å². The zero-order valence-corrected chi connectivity index (χ0v) is 20.8. The van der Waals surface area contributed by atoms with E-state index in [1.54, 1.807) is 11.8 Å². The molecule has 0 spiro atoms. The second-order valence-electron chi connectivity index (χ2n) is 11.2. The Balaban J connectivity index is 1.26. The molecule has 1 N–H and O–H groups in total. The van der Waals surface area contributed by atoms with E-state index in [0.717, 1.165) is 46.0 Å². The van der Waals surface area contributed by atoms with E-state index >= 15 is 0 Å². The minimum atomic E-state index is 0.0527. The van der Waals surface area contributed by atoms with E-state index in [2.05, 4.69) is 50.4 Å². The Kier molecular flexibility index (Phi) is 5.21. The molecular weight excluding hydrogens is 424 g/mol. The fourth-order valence-corrected chi connectivity index (χ4v) is 8.53. The van der Waals surface area contributed by atoms with Gasteiger partial charge in [0.05, 0.1) is 5.69 Å². The zero-order valence-electron chi connectivity index (χ0n) is 20.0. The Bertz CT molecular complexity index is 1120. The predicted octanol–water partition coefficient (Wildman–Crippen LogP) is 7.33. The molecule has 4 saturated carbocycles. The topological polar surface area (TPSA) is 41.5 Å². The highest BCUT2D eigenvalue weighted by Crippen LogP contribution is 2.61. The van der Waals surface area contributed by atoms with Gasteiger partial charge in [-0.15, -0.1) is 0 Å². The zero-order chi connectivity index (χ0) is 22.7. The highest BCUT2D eigenvalue weighted by molar-refractivity contribution is 7.99.